The third-order valence-corrected chi connectivity index (χ3v) is 4.88. The quantitative estimate of drug-likeness (QED) is 0.501. The Balaban J connectivity index is 1.57. The molecule has 0 saturated carbocycles. The predicted octanol–water partition coefficient (Wildman–Crippen LogP) is 4.23. The molecule has 0 atom stereocenters. The van der Waals surface area contributed by atoms with Crippen LogP contribution in [0.5, 0.6) is 0 Å². The van der Waals surface area contributed by atoms with Crippen LogP contribution in [0.2, 0.25) is 0 Å². The number of likely N-dealkylation sites (N-methyl/N-ethyl adjacent to an activating group) is 1. The number of hydrogen-bond donors (Lipinski definition) is 1. The van der Waals surface area contributed by atoms with E-state index in [1.165, 1.54) is 12.1 Å². The molecule has 0 aliphatic rings. The first-order chi connectivity index (χ1) is 14.6. The molecule has 0 radical (unpaired) electrons. The van der Waals surface area contributed by atoms with Gasteiger partial charge in [0.2, 0.25) is 5.95 Å². The highest BCUT2D eigenvalue weighted by Crippen LogP contribution is 2.30. The second kappa shape index (κ2) is 8.73. The Kier molecular flexibility index (Phi) is 5.70. The molecule has 0 aliphatic heterocycles. The van der Waals surface area contributed by atoms with Crippen molar-refractivity contribution < 1.29 is 4.39 Å². The van der Waals surface area contributed by atoms with Crippen LogP contribution < -0.4 is 10.2 Å². The zero-order valence-electron chi connectivity index (χ0n) is 17.0. The number of benzene rings is 2. The van der Waals surface area contributed by atoms with E-state index in [9.17, 15) is 4.39 Å². The van der Waals surface area contributed by atoms with Gasteiger partial charge in [0.25, 0.3) is 0 Å². The van der Waals surface area contributed by atoms with Gasteiger partial charge < -0.3 is 14.8 Å². The van der Waals surface area contributed by atoms with E-state index in [4.69, 9.17) is 4.98 Å². The van der Waals surface area contributed by atoms with Crippen LogP contribution in [0.25, 0.3) is 22.6 Å². The maximum atomic E-state index is 13.8. The van der Waals surface area contributed by atoms with Crippen LogP contribution >= 0.6 is 0 Å². The number of imidazole rings is 1. The number of anilines is 2. The number of hydrogen-bond acceptors (Lipinski definition) is 5. The van der Waals surface area contributed by atoms with Crippen molar-refractivity contribution in [1.82, 2.24) is 19.5 Å². The Morgan fingerprint density at radius 1 is 1.07 bits per heavy atom. The molecule has 0 unspecified atom stereocenters. The number of para-hydroxylation sites is 1. The molecule has 30 heavy (non-hydrogen) atoms. The molecule has 0 spiro atoms. The number of halogens is 1. The summed E-state index contributed by atoms with van der Waals surface area (Å²) in [5.41, 5.74) is 3.25. The molecule has 152 valence electrons. The third-order valence-electron chi connectivity index (χ3n) is 4.88. The second-order valence-electron chi connectivity index (χ2n) is 7.01. The minimum atomic E-state index is -0.301. The van der Waals surface area contributed by atoms with Crippen LogP contribution in [0.3, 0.4) is 0 Å². The standard InChI is InChI=1S/C23H23FN6/c1-29(19-9-4-3-5-10-19)13-12-26-23-27-16-20(17-7-6-8-18(24)15-17)21(28-23)22-25-11-14-30(22)2/h3-11,14-16H,12-13H2,1-2H3,(H,26,27,28). The SMILES string of the molecule is CN(CCNc1ncc(-c2cccc(F)c2)c(-c2nccn2C)n1)c1ccccc1. The lowest BCUT2D eigenvalue weighted by molar-refractivity contribution is 0.628. The molecule has 4 aromatic rings. The molecule has 0 amide bonds. The maximum Gasteiger partial charge on any atom is 0.223 e. The fourth-order valence-corrected chi connectivity index (χ4v) is 3.25. The summed E-state index contributed by atoms with van der Waals surface area (Å²) < 4.78 is 15.7. The van der Waals surface area contributed by atoms with Gasteiger partial charge in [-0.05, 0) is 29.8 Å². The van der Waals surface area contributed by atoms with Crippen molar-refractivity contribution in [2.24, 2.45) is 7.05 Å². The summed E-state index contributed by atoms with van der Waals surface area (Å²) in [4.78, 5) is 15.7. The average Bonchev–Trinajstić information content (AvgIpc) is 3.20. The zero-order chi connectivity index (χ0) is 20.9. The summed E-state index contributed by atoms with van der Waals surface area (Å²) >= 11 is 0. The second-order valence-corrected chi connectivity index (χ2v) is 7.01. The monoisotopic (exact) mass is 402 g/mol. The lowest BCUT2D eigenvalue weighted by Gasteiger charge is -2.19. The van der Waals surface area contributed by atoms with E-state index in [-0.39, 0.29) is 5.82 Å². The van der Waals surface area contributed by atoms with Gasteiger partial charge in [-0.2, -0.15) is 0 Å². The average molecular weight is 402 g/mol. The van der Waals surface area contributed by atoms with Gasteiger partial charge in [-0.3, -0.25) is 0 Å². The van der Waals surface area contributed by atoms with Gasteiger partial charge in [-0.1, -0.05) is 30.3 Å². The van der Waals surface area contributed by atoms with Crippen molar-refractivity contribution in [3.63, 3.8) is 0 Å². The van der Waals surface area contributed by atoms with Gasteiger partial charge >= 0.3 is 0 Å². The normalized spacial score (nSPS) is 10.8. The summed E-state index contributed by atoms with van der Waals surface area (Å²) in [6.07, 6.45) is 5.29. The van der Waals surface area contributed by atoms with Crippen LogP contribution in [0.4, 0.5) is 16.0 Å². The number of nitrogens with one attached hydrogen (secondary N) is 1. The lowest BCUT2D eigenvalue weighted by atomic mass is 10.1. The summed E-state index contributed by atoms with van der Waals surface area (Å²) in [6, 6.07) is 16.6. The van der Waals surface area contributed by atoms with Crippen LogP contribution in [-0.4, -0.2) is 39.7 Å². The highest BCUT2D eigenvalue weighted by Gasteiger charge is 2.15. The molecule has 0 saturated heterocycles. The number of nitrogens with zero attached hydrogens (tertiary/aromatic N) is 5. The predicted molar refractivity (Wildman–Crippen MR) is 118 cm³/mol. The van der Waals surface area contributed by atoms with Crippen molar-refractivity contribution in [3.8, 4) is 22.6 Å². The molecule has 1 N–H and O–H groups in total. The smallest absolute Gasteiger partial charge is 0.223 e. The molecule has 7 heteroatoms. The molecule has 2 heterocycles. The molecule has 0 fully saturated rings. The lowest BCUT2D eigenvalue weighted by Crippen LogP contribution is -2.25. The van der Waals surface area contributed by atoms with Gasteiger partial charge in [0.15, 0.2) is 5.82 Å². The fraction of sp³-hybridized carbons (Fsp3) is 0.174. The van der Waals surface area contributed by atoms with Crippen LogP contribution in [-0.2, 0) is 7.05 Å². The summed E-state index contributed by atoms with van der Waals surface area (Å²) in [5, 5.41) is 3.28. The van der Waals surface area contributed by atoms with E-state index in [2.05, 4.69) is 32.3 Å². The van der Waals surface area contributed by atoms with Crippen molar-refractivity contribution in [3.05, 3.63) is 79.0 Å². The summed E-state index contributed by atoms with van der Waals surface area (Å²) in [7, 11) is 3.95. The highest BCUT2D eigenvalue weighted by atomic mass is 19.1. The van der Waals surface area contributed by atoms with Crippen molar-refractivity contribution in [2.45, 2.75) is 0 Å². The highest BCUT2D eigenvalue weighted by molar-refractivity contribution is 5.78. The van der Waals surface area contributed by atoms with Crippen molar-refractivity contribution >= 4 is 11.6 Å². The van der Waals surface area contributed by atoms with Gasteiger partial charge in [0, 0.05) is 57.0 Å². The maximum absolute atomic E-state index is 13.8. The first-order valence-corrected chi connectivity index (χ1v) is 9.72. The topological polar surface area (TPSA) is 58.9 Å². The van der Waals surface area contributed by atoms with E-state index in [1.54, 1.807) is 18.5 Å². The summed E-state index contributed by atoms with van der Waals surface area (Å²) in [5.74, 6) is 0.903. The number of aryl methyl sites for hydroxylation is 1. The largest absolute Gasteiger partial charge is 0.373 e. The molecule has 0 bridgehead atoms. The third kappa shape index (κ3) is 4.30. The van der Waals surface area contributed by atoms with Crippen molar-refractivity contribution in [1.29, 1.82) is 0 Å². The molecule has 6 nitrogen and oxygen atoms in total. The Labute approximate surface area is 175 Å². The Hall–Kier alpha value is -3.74. The minimum Gasteiger partial charge on any atom is -0.373 e. The zero-order valence-corrected chi connectivity index (χ0v) is 17.0. The molecule has 2 aromatic heterocycles. The van der Waals surface area contributed by atoms with E-state index in [1.807, 2.05) is 49.1 Å². The Morgan fingerprint density at radius 3 is 2.63 bits per heavy atom. The van der Waals surface area contributed by atoms with E-state index < -0.39 is 0 Å². The fourth-order valence-electron chi connectivity index (χ4n) is 3.25. The van der Waals surface area contributed by atoms with Gasteiger partial charge in [-0.15, -0.1) is 0 Å². The van der Waals surface area contributed by atoms with Crippen molar-refractivity contribution in [2.75, 3.05) is 30.4 Å². The first-order valence-electron chi connectivity index (χ1n) is 9.72. The van der Waals surface area contributed by atoms with Gasteiger partial charge in [0.1, 0.15) is 11.5 Å². The van der Waals surface area contributed by atoms with E-state index in [0.29, 0.717) is 29.6 Å². The molecular weight excluding hydrogens is 379 g/mol. The number of aromatic nitrogens is 4. The molecule has 0 aliphatic carbocycles. The van der Waals surface area contributed by atoms with Crippen LogP contribution in [0.15, 0.2) is 73.2 Å². The van der Waals surface area contributed by atoms with Crippen LogP contribution in [0.1, 0.15) is 0 Å². The molecule has 4 rings (SSSR count). The number of rotatable bonds is 7. The molecule has 2 aromatic carbocycles. The van der Waals surface area contributed by atoms with Gasteiger partial charge in [-0.25, -0.2) is 19.3 Å². The Bertz CT molecular complexity index is 1130. The summed E-state index contributed by atoms with van der Waals surface area (Å²) in [6.45, 7) is 1.46. The Morgan fingerprint density at radius 2 is 1.90 bits per heavy atom. The van der Waals surface area contributed by atoms with Gasteiger partial charge in [0.05, 0.1) is 0 Å². The molecular formula is C23H23FN6. The van der Waals surface area contributed by atoms with E-state index in [0.717, 1.165) is 17.8 Å². The van der Waals surface area contributed by atoms with E-state index >= 15 is 0 Å². The first kappa shape index (κ1) is 19.6. The van der Waals surface area contributed by atoms with Crippen LogP contribution in [0, 0.1) is 5.82 Å². The minimum absolute atomic E-state index is 0.301.